The van der Waals surface area contributed by atoms with E-state index in [0.717, 1.165) is 4.68 Å². The number of amides is 2. The second-order valence-corrected chi connectivity index (χ2v) is 6.12. The van der Waals surface area contributed by atoms with Gasteiger partial charge >= 0.3 is 0 Å². The van der Waals surface area contributed by atoms with Crippen LogP contribution in [-0.4, -0.2) is 51.3 Å². The maximum Gasteiger partial charge on any atom is 0.278 e. The topological polar surface area (TPSA) is 97.2 Å². The molecule has 0 atom stereocenters. The number of rotatable bonds is 4. The van der Waals surface area contributed by atoms with Crippen LogP contribution in [0.5, 0.6) is 0 Å². The molecule has 2 amide bonds. The van der Waals surface area contributed by atoms with Crippen LogP contribution in [0.15, 0.2) is 29.1 Å². The van der Waals surface area contributed by atoms with Gasteiger partial charge in [-0.1, -0.05) is 17.3 Å². The van der Waals surface area contributed by atoms with Gasteiger partial charge in [0.2, 0.25) is 11.8 Å². The highest BCUT2D eigenvalue weighted by molar-refractivity contribution is 5.80. The molecule has 0 bridgehead atoms. The number of piperidine rings is 1. The van der Waals surface area contributed by atoms with E-state index in [1.54, 1.807) is 29.2 Å². The molecule has 0 radical (unpaired) electrons. The normalized spacial score (nSPS) is 15.3. The average Bonchev–Trinajstić information content (AvgIpc) is 2.64. The molecule has 8 nitrogen and oxygen atoms in total. The summed E-state index contributed by atoms with van der Waals surface area (Å²) in [5, 5.41) is 11.1. The molecule has 0 aliphatic carbocycles. The first kappa shape index (κ1) is 17.1. The number of carbonyl (C=O) groups is 2. The summed E-state index contributed by atoms with van der Waals surface area (Å²) in [6.07, 6.45) is 1.27. The molecule has 1 N–H and O–H groups in total. The molecule has 3 rings (SSSR count). The monoisotopic (exact) mass is 343 g/mol. The Balaban J connectivity index is 1.65. The Morgan fingerprint density at radius 2 is 1.96 bits per heavy atom. The molecule has 0 spiro atoms. The van der Waals surface area contributed by atoms with E-state index >= 15 is 0 Å². The Morgan fingerprint density at radius 3 is 2.68 bits per heavy atom. The molecule has 132 valence electrons. The van der Waals surface area contributed by atoms with Crippen LogP contribution in [-0.2, 0) is 16.1 Å². The summed E-state index contributed by atoms with van der Waals surface area (Å²) < 4.78 is 1.10. The molecule has 1 aromatic heterocycles. The van der Waals surface area contributed by atoms with Gasteiger partial charge in [-0.15, -0.1) is 5.10 Å². The van der Waals surface area contributed by atoms with Gasteiger partial charge in [-0.25, -0.2) is 4.68 Å². The van der Waals surface area contributed by atoms with E-state index < -0.39 is 0 Å². The Labute approximate surface area is 144 Å². The predicted octanol–water partition coefficient (Wildman–Crippen LogP) is 0.166. The summed E-state index contributed by atoms with van der Waals surface area (Å²) in [6.45, 7) is 3.38. The van der Waals surface area contributed by atoms with Crippen LogP contribution in [0.4, 0.5) is 0 Å². The van der Waals surface area contributed by atoms with E-state index in [2.05, 4.69) is 15.6 Å². The second-order valence-electron chi connectivity index (χ2n) is 6.12. The Hall–Kier alpha value is -2.77. The largest absolute Gasteiger partial charge is 0.356 e. The van der Waals surface area contributed by atoms with Crippen molar-refractivity contribution >= 4 is 22.7 Å². The maximum atomic E-state index is 12.5. The molecule has 0 unspecified atom stereocenters. The maximum absolute atomic E-state index is 12.5. The lowest BCUT2D eigenvalue weighted by molar-refractivity contribution is -0.136. The summed E-state index contributed by atoms with van der Waals surface area (Å²) in [6, 6.07) is 6.92. The van der Waals surface area contributed by atoms with Crippen molar-refractivity contribution in [1.82, 2.24) is 25.2 Å². The average molecular weight is 343 g/mol. The first-order valence-corrected chi connectivity index (χ1v) is 8.48. The molecule has 25 heavy (non-hydrogen) atoms. The van der Waals surface area contributed by atoms with E-state index in [1.807, 2.05) is 6.92 Å². The minimum atomic E-state index is -0.323. The summed E-state index contributed by atoms with van der Waals surface area (Å²) in [7, 11) is 0. The molecule has 1 aliphatic heterocycles. The predicted molar refractivity (Wildman–Crippen MR) is 91.8 cm³/mol. The minimum Gasteiger partial charge on any atom is -0.356 e. The van der Waals surface area contributed by atoms with Crippen LogP contribution in [0.2, 0.25) is 0 Å². The van der Waals surface area contributed by atoms with Crippen molar-refractivity contribution in [3.05, 3.63) is 34.6 Å². The van der Waals surface area contributed by atoms with E-state index in [4.69, 9.17) is 0 Å². The fourth-order valence-corrected chi connectivity index (χ4v) is 3.06. The quantitative estimate of drug-likeness (QED) is 0.853. The molecule has 1 aromatic carbocycles. The number of nitrogens with zero attached hydrogens (tertiary/aromatic N) is 4. The Bertz CT molecular complexity index is 840. The highest BCUT2D eigenvalue weighted by Crippen LogP contribution is 2.17. The van der Waals surface area contributed by atoms with Gasteiger partial charge in [0.25, 0.3) is 5.56 Å². The smallest absolute Gasteiger partial charge is 0.278 e. The second kappa shape index (κ2) is 7.42. The van der Waals surface area contributed by atoms with E-state index in [1.165, 1.54) is 0 Å². The summed E-state index contributed by atoms with van der Waals surface area (Å²) in [5.74, 6) is -0.181. The highest BCUT2D eigenvalue weighted by atomic mass is 16.2. The molecule has 8 heteroatoms. The van der Waals surface area contributed by atoms with Crippen molar-refractivity contribution < 1.29 is 9.59 Å². The van der Waals surface area contributed by atoms with Crippen molar-refractivity contribution in [3.63, 3.8) is 0 Å². The van der Waals surface area contributed by atoms with E-state index in [0.29, 0.717) is 43.4 Å². The van der Waals surface area contributed by atoms with Crippen LogP contribution in [0.25, 0.3) is 10.9 Å². The van der Waals surface area contributed by atoms with Crippen molar-refractivity contribution in [2.24, 2.45) is 5.92 Å². The number of likely N-dealkylation sites (tertiary alicyclic amines) is 1. The highest BCUT2D eigenvalue weighted by Gasteiger charge is 2.27. The number of aromatic nitrogens is 3. The lowest BCUT2D eigenvalue weighted by Gasteiger charge is -2.31. The van der Waals surface area contributed by atoms with Gasteiger partial charge in [-0.2, -0.15) is 0 Å². The SMILES string of the molecule is CCNC(=O)C1CCN(C(=O)Cn2nnc3ccccc3c2=O)CC1. The van der Waals surface area contributed by atoms with Crippen LogP contribution in [0.1, 0.15) is 19.8 Å². The molecule has 1 aliphatic rings. The fraction of sp³-hybridized carbons (Fsp3) is 0.471. The molecule has 1 saturated heterocycles. The zero-order chi connectivity index (χ0) is 17.8. The van der Waals surface area contributed by atoms with Gasteiger partial charge in [0, 0.05) is 25.6 Å². The number of nitrogens with one attached hydrogen (secondary N) is 1. The van der Waals surface area contributed by atoms with Gasteiger partial charge in [0.15, 0.2) is 0 Å². The van der Waals surface area contributed by atoms with Gasteiger partial charge in [0.1, 0.15) is 12.1 Å². The molecular weight excluding hydrogens is 322 g/mol. The lowest BCUT2D eigenvalue weighted by Crippen LogP contribution is -2.45. The zero-order valence-electron chi connectivity index (χ0n) is 14.1. The fourth-order valence-electron chi connectivity index (χ4n) is 3.06. The number of carbonyl (C=O) groups excluding carboxylic acids is 2. The van der Waals surface area contributed by atoms with Crippen molar-refractivity contribution in [2.45, 2.75) is 26.3 Å². The van der Waals surface area contributed by atoms with Gasteiger partial charge in [-0.3, -0.25) is 14.4 Å². The van der Waals surface area contributed by atoms with Gasteiger partial charge < -0.3 is 10.2 Å². The zero-order valence-corrected chi connectivity index (χ0v) is 14.1. The van der Waals surface area contributed by atoms with Gasteiger partial charge in [-0.05, 0) is 31.9 Å². The lowest BCUT2D eigenvalue weighted by atomic mass is 9.96. The molecular formula is C17H21N5O3. The van der Waals surface area contributed by atoms with Gasteiger partial charge in [0.05, 0.1) is 5.39 Å². The number of benzene rings is 1. The minimum absolute atomic E-state index is 0.0474. The number of hydrogen-bond acceptors (Lipinski definition) is 5. The van der Waals surface area contributed by atoms with Crippen LogP contribution in [0.3, 0.4) is 0 Å². The third-order valence-electron chi connectivity index (χ3n) is 4.48. The third kappa shape index (κ3) is 3.67. The molecule has 1 fully saturated rings. The molecule has 2 aromatic rings. The summed E-state index contributed by atoms with van der Waals surface area (Å²) in [4.78, 5) is 38.4. The summed E-state index contributed by atoms with van der Waals surface area (Å²) >= 11 is 0. The Morgan fingerprint density at radius 1 is 1.24 bits per heavy atom. The van der Waals surface area contributed by atoms with Crippen molar-refractivity contribution in [2.75, 3.05) is 19.6 Å². The van der Waals surface area contributed by atoms with Crippen molar-refractivity contribution in [3.8, 4) is 0 Å². The van der Waals surface area contributed by atoms with Crippen LogP contribution < -0.4 is 10.9 Å². The van der Waals surface area contributed by atoms with E-state index in [-0.39, 0.29) is 29.8 Å². The van der Waals surface area contributed by atoms with Crippen LogP contribution >= 0.6 is 0 Å². The number of hydrogen-bond donors (Lipinski definition) is 1. The van der Waals surface area contributed by atoms with Crippen molar-refractivity contribution in [1.29, 1.82) is 0 Å². The Kier molecular flexibility index (Phi) is 5.06. The summed E-state index contributed by atoms with van der Waals surface area (Å²) in [5.41, 5.74) is 0.190. The third-order valence-corrected chi connectivity index (χ3v) is 4.48. The van der Waals surface area contributed by atoms with E-state index in [9.17, 15) is 14.4 Å². The molecule has 2 heterocycles. The first-order valence-electron chi connectivity index (χ1n) is 8.48. The van der Waals surface area contributed by atoms with Crippen LogP contribution in [0, 0.1) is 5.92 Å². The number of fused-ring (bicyclic) bond motifs is 1. The molecule has 0 saturated carbocycles. The first-order chi connectivity index (χ1) is 12.1. The standard InChI is InChI=1S/C17H21N5O3/c1-2-18-16(24)12-7-9-21(10-8-12)15(23)11-22-17(25)13-5-3-4-6-14(13)19-20-22/h3-6,12H,2,7-11H2,1H3,(H,18,24).